The maximum Gasteiger partial charge on any atom is 0.270 e. The molecule has 0 atom stereocenters. The summed E-state index contributed by atoms with van der Waals surface area (Å²) in [6.45, 7) is 0. The standard InChI is InChI=1S/C19H15N3O2/c23-17-7-3-1-5-14(17)15-9-10-19(20-15)22-12-11-21(13-22)16-6-2-4-8-18(16)24/h1-12,20,23-24H. The number of hydrogen-bond acceptors (Lipinski definition) is 2. The third kappa shape index (κ3) is 2.42. The molecule has 5 nitrogen and oxygen atoms in total. The number of imidazole rings is 1. The van der Waals surface area contributed by atoms with Crippen LogP contribution in [-0.4, -0.2) is 19.8 Å². The molecule has 0 saturated carbocycles. The van der Waals surface area contributed by atoms with Crippen LogP contribution in [0.5, 0.6) is 11.5 Å². The van der Waals surface area contributed by atoms with Crippen molar-refractivity contribution in [1.82, 2.24) is 9.55 Å². The van der Waals surface area contributed by atoms with Crippen molar-refractivity contribution in [2.24, 2.45) is 0 Å². The minimum Gasteiger partial charge on any atom is -0.511 e. The van der Waals surface area contributed by atoms with Gasteiger partial charge in [-0.2, -0.15) is 0 Å². The van der Waals surface area contributed by atoms with E-state index >= 15 is 0 Å². The van der Waals surface area contributed by atoms with Gasteiger partial charge in [-0.05, 0) is 36.4 Å². The van der Waals surface area contributed by atoms with Crippen LogP contribution in [0.15, 0.2) is 73.1 Å². The first-order chi connectivity index (χ1) is 11.7. The van der Waals surface area contributed by atoms with E-state index in [2.05, 4.69) is 11.3 Å². The van der Waals surface area contributed by atoms with Crippen LogP contribution in [0.25, 0.3) is 22.8 Å². The average Bonchev–Trinajstić information content (AvgIpc) is 3.25. The van der Waals surface area contributed by atoms with Gasteiger partial charge >= 0.3 is 0 Å². The van der Waals surface area contributed by atoms with E-state index in [9.17, 15) is 10.2 Å². The zero-order valence-electron chi connectivity index (χ0n) is 12.7. The summed E-state index contributed by atoms with van der Waals surface area (Å²) >= 11 is 0. The van der Waals surface area contributed by atoms with Gasteiger partial charge in [0, 0.05) is 23.7 Å². The molecule has 0 spiro atoms. The second kappa shape index (κ2) is 5.62. The Morgan fingerprint density at radius 3 is 2.42 bits per heavy atom. The van der Waals surface area contributed by atoms with Crippen LogP contribution in [0.4, 0.5) is 0 Å². The first-order valence-corrected chi connectivity index (χ1v) is 7.51. The van der Waals surface area contributed by atoms with Gasteiger partial charge in [0.25, 0.3) is 6.33 Å². The Morgan fingerprint density at radius 2 is 1.62 bits per heavy atom. The minimum absolute atomic E-state index is 0.192. The number of aromatic nitrogens is 3. The topological polar surface area (TPSA) is 65.1 Å². The van der Waals surface area contributed by atoms with Crippen LogP contribution in [0, 0.1) is 6.33 Å². The van der Waals surface area contributed by atoms with E-state index in [0.29, 0.717) is 5.69 Å². The predicted molar refractivity (Wildman–Crippen MR) is 89.3 cm³/mol. The van der Waals surface area contributed by atoms with Crippen molar-refractivity contribution in [3.05, 3.63) is 79.4 Å². The normalized spacial score (nSPS) is 10.8. The highest BCUT2D eigenvalue weighted by atomic mass is 16.3. The monoisotopic (exact) mass is 317 g/mol. The molecule has 0 fully saturated rings. The third-order valence-corrected chi connectivity index (χ3v) is 3.85. The highest BCUT2D eigenvalue weighted by molar-refractivity contribution is 5.67. The van der Waals surface area contributed by atoms with Crippen LogP contribution >= 0.6 is 0 Å². The van der Waals surface area contributed by atoms with Crippen molar-refractivity contribution < 1.29 is 14.8 Å². The summed E-state index contributed by atoms with van der Waals surface area (Å²) in [5.74, 6) is 1.23. The zero-order valence-corrected chi connectivity index (χ0v) is 12.7. The number of rotatable bonds is 3. The molecule has 0 amide bonds. The van der Waals surface area contributed by atoms with Gasteiger partial charge in [-0.25, -0.2) is 0 Å². The van der Waals surface area contributed by atoms with Gasteiger partial charge in [-0.1, -0.05) is 24.3 Å². The molecule has 4 rings (SSSR count). The fourth-order valence-electron chi connectivity index (χ4n) is 2.63. The number of nitrogens with one attached hydrogen (secondary N) is 1. The first-order valence-electron chi connectivity index (χ1n) is 7.51. The Labute approximate surface area is 138 Å². The van der Waals surface area contributed by atoms with Gasteiger partial charge in [0.2, 0.25) is 0 Å². The van der Waals surface area contributed by atoms with E-state index < -0.39 is 0 Å². The largest absolute Gasteiger partial charge is 0.511 e. The van der Waals surface area contributed by atoms with E-state index in [0.717, 1.165) is 17.1 Å². The number of aromatic amines is 1. The number of para-hydroxylation sites is 3. The van der Waals surface area contributed by atoms with E-state index in [1.807, 2.05) is 48.8 Å². The molecule has 0 unspecified atom stereocenters. The number of hydrogen-bond donors (Lipinski definition) is 3. The summed E-state index contributed by atoms with van der Waals surface area (Å²) in [6.07, 6.45) is 6.80. The average molecular weight is 317 g/mol. The molecular weight excluding hydrogens is 302 g/mol. The van der Waals surface area contributed by atoms with E-state index in [1.165, 1.54) is 0 Å². The Kier molecular flexibility index (Phi) is 3.31. The first kappa shape index (κ1) is 14.1. The van der Waals surface area contributed by atoms with Crippen molar-refractivity contribution in [2.45, 2.75) is 0 Å². The molecule has 24 heavy (non-hydrogen) atoms. The molecule has 0 bridgehead atoms. The van der Waals surface area contributed by atoms with Crippen LogP contribution in [0.1, 0.15) is 0 Å². The van der Waals surface area contributed by atoms with Gasteiger partial charge in [0.05, 0.1) is 0 Å². The third-order valence-electron chi connectivity index (χ3n) is 3.85. The lowest BCUT2D eigenvalue weighted by Gasteiger charge is -2.03. The zero-order chi connectivity index (χ0) is 16.5. The Hall–Kier alpha value is -3.47. The lowest BCUT2D eigenvalue weighted by Crippen LogP contribution is -2.28. The number of aromatic hydroxyl groups is 2. The highest BCUT2D eigenvalue weighted by Crippen LogP contribution is 2.28. The van der Waals surface area contributed by atoms with Gasteiger partial charge in [0.15, 0.2) is 0 Å². The van der Waals surface area contributed by atoms with Crippen LogP contribution < -0.4 is 4.57 Å². The van der Waals surface area contributed by atoms with Crippen LogP contribution in [-0.2, 0) is 0 Å². The van der Waals surface area contributed by atoms with Crippen molar-refractivity contribution in [2.75, 3.05) is 0 Å². The molecule has 2 aromatic heterocycles. The molecule has 0 aliphatic rings. The molecule has 0 radical (unpaired) electrons. The summed E-state index contributed by atoms with van der Waals surface area (Å²) in [7, 11) is 0. The van der Waals surface area contributed by atoms with Crippen LogP contribution in [0.2, 0.25) is 0 Å². The van der Waals surface area contributed by atoms with E-state index in [4.69, 9.17) is 0 Å². The molecule has 3 N–H and O–H groups in total. The maximum absolute atomic E-state index is 9.96. The summed E-state index contributed by atoms with van der Waals surface area (Å²) in [6, 6.07) is 18.1. The van der Waals surface area contributed by atoms with Crippen molar-refractivity contribution in [3.63, 3.8) is 0 Å². The predicted octanol–water partition coefficient (Wildman–Crippen LogP) is 2.96. The molecule has 0 aliphatic heterocycles. The number of phenolic OH excluding ortho intramolecular Hbond substituents is 2. The number of benzene rings is 2. The Morgan fingerprint density at radius 1 is 0.875 bits per heavy atom. The van der Waals surface area contributed by atoms with Gasteiger partial charge < -0.3 is 15.2 Å². The summed E-state index contributed by atoms with van der Waals surface area (Å²) in [4.78, 5) is 3.26. The van der Waals surface area contributed by atoms with Crippen molar-refractivity contribution in [1.29, 1.82) is 0 Å². The lowest BCUT2D eigenvalue weighted by molar-refractivity contribution is -0.599. The minimum atomic E-state index is 0.192. The molecule has 0 aliphatic carbocycles. The number of nitrogens with zero attached hydrogens (tertiary/aromatic N) is 2. The number of H-pyrrole nitrogens is 1. The van der Waals surface area contributed by atoms with Crippen LogP contribution in [0.3, 0.4) is 0 Å². The Balaban J connectivity index is 1.69. The second-order valence-corrected chi connectivity index (χ2v) is 5.40. The van der Waals surface area contributed by atoms with Crippen molar-refractivity contribution >= 4 is 0 Å². The fraction of sp³-hybridized carbons (Fsp3) is 0. The molecule has 0 saturated heterocycles. The smallest absolute Gasteiger partial charge is 0.270 e. The molecule has 2 heterocycles. The molecule has 2 aromatic carbocycles. The molecule has 4 aromatic rings. The second-order valence-electron chi connectivity index (χ2n) is 5.40. The van der Waals surface area contributed by atoms with Crippen molar-refractivity contribution in [3.8, 4) is 34.3 Å². The van der Waals surface area contributed by atoms with E-state index in [1.54, 1.807) is 33.4 Å². The quantitative estimate of drug-likeness (QED) is 0.402. The molecule has 5 heteroatoms. The summed E-state index contributed by atoms with van der Waals surface area (Å²) in [5.41, 5.74) is 2.22. The lowest BCUT2D eigenvalue weighted by atomic mass is 10.1. The highest BCUT2D eigenvalue weighted by Gasteiger charge is 2.09. The number of phenols is 2. The van der Waals surface area contributed by atoms with Gasteiger partial charge in [-0.15, -0.1) is 0 Å². The SMILES string of the molecule is Oc1ccccc1-c1ccc(-n2[c-][n+](-c3ccccc3O)cc2)[nH]1. The fourth-order valence-corrected chi connectivity index (χ4v) is 2.63. The molecule has 118 valence electrons. The maximum atomic E-state index is 9.96. The Bertz CT molecular complexity index is 919. The van der Waals surface area contributed by atoms with Gasteiger partial charge in [-0.3, -0.25) is 9.13 Å². The van der Waals surface area contributed by atoms with Gasteiger partial charge in [0.1, 0.15) is 23.0 Å². The summed E-state index contributed by atoms with van der Waals surface area (Å²) in [5, 5.41) is 19.9. The van der Waals surface area contributed by atoms with E-state index in [-0.39, 0.29) is 11.5 Å². The summed E-state index contributed by atoms with van der Waals surface area (Å²) < 4.78 is 3.51. The molecular formula is C19H15N3O2.